The Balaban J connectivity index is 0. The predicted molar refractivity (Wildman–Crippen MR) is 37.2 cm³/mol. The summed E-state index contributed by atoms with van der Waals surface area (Å²) in [6.45, 7) is 7.05. The van der Waals surface area contributed by atoms with Crippen LogP contribution in [0.2, 0.25) is 13.3 Å². The summed E-state index contributed by atoms with van der Waals surface area (Å²) in [5.74, 6) is 0. The first-order chi connectivity index (χ1) is 3.35. The summed E-state index contributed by atoms with van der Waals surface area (Å²) in [5.41, 5.74) is 0. The van der Waals surface area contributed by atoms with E-state index in [0.29, 0.717) is 0 Å². The minimum Gasteiger partial charge on any atom is -1.00 e. The second kappa shape index (κ2) is 8.09. The molecule has 0 bridgehead atoms. The molecule has 2 heteroatoms. The van der Waals surface area contributed by atoms with Crippen LogP contribution in [0.25, 0.3) is 0 Å². The van der Waals surface area contributed by atoms with Gasteiger partial charge in [-0.3, -0.25) is 0 Å². The maximum Gasteiger partial charge on any atom is -1.00 e. The molecule has 0 aliphatic carbocycles. The van der Waals surface area contributed by atoms with Gasteiger partial charge in [-0.1, -0.05) is 0 Å². The predicted octanol–water partition coefficient (Wildman–Crippen LogP) is -0.455. The molecule has 0 aromatic heterocycles. The Labute approximate surface area is 66.2 Å². The molecule has 0 atom stereocenters. The molecule has 0 saturated heterocycles. The Morgan fingerprint density at radius 1 is 0.875 bits per heavy atom. The van der Waals surface area contributed by atoms with Crippen molar-refractivity contribution in [2.24, 2.45) is 0 Å². The zero-order valence-corrected chi connectivity index (χ0v) is 9.61. The SMILES string of the molecule is C[CH2][Sn+]([CH2]C)[CH2]C.[Cl-]. The van der Waals surface area contributed by atoms with Gasteiger partial charge in [-0.25, -0.2) is 0 Å². The number of hydrogen-bond donors (Lipinski definition) is 0. The van der Waals surface area contributed by atoms with E-state index in [1.54, 1.807) is 13.3 Å². The van der Waals surface area contributed by atoms with Crippen LogP contribution in [-0.4, -0.2) is 19.8 Å². The van der Waals surface area contributed by atoms with E-state index in [0.717, 1.165) is 0 Å². The molecule has 50 valence electrons. The quantitative estimate of drug-likeness (QED) is 0.587. The molecule has 0 unspecified atom stereocenters. The number of rotatable bonds is 3. The standard InChI is InChI=1S/3C2H5.ClH.Sn/c3*1-2;;/h3*1H2,2H3;1H;/q;;;;+1/p-1. The topological polar surface area (TPSA) is 0 Å². The Morgan fingerprint density at radius 2 is 1.12 bits per heavy atom. The van der Waals surface area contributed by atoms with Gasteiger partial charge in [0, 0.05) is 0 Å². The van der Waals surface area contributed by atoms with E-state index in [4.69, 9.17) is 0 Å². The molecule has 0 saturated carbocycles. The first-order valence-electron chi connectivity index (χ1n) is 3.18. The fraction of sp³-hybridized carbons (Fsp3) is 1.00. The normalized spacial score (nSPS) is 7.88. The maximum atomic E-state index is 2.35. The van der Waals surface area contributed by atoms with Crippen molar-refractivity contribution >= 4 is 19.8 Å². The van der Waals surface area contributed by atoms with Crippen LogP contribution in [0.15, 0.2) is 0 Å². The molecule has 0 aromatic carbocycles. The molecule has 8 heavy (non-hydrogen) atoms. The average Bonchev–Trinajstić information content (AvgIpc) is 1.72. The molecule has 0 heterocycles. The largest absolute Gasteiger partial charge is 1.00 e. The van der Waals surface area contributed by atoms with Gasteiger partial charge in [-0.2, -0.15) is 0 Å². The van der Waals surface area contributed by atoms with E-state index in [-0.39, 0.29) is 12.4 Å². The van der Waals surface area contributed by atoms with Gasteiger partial charge >= 0.3 is 53.8 Å². The Bertz CT molecular complexity index is 30.0. The summed E-state index contributed by atoms with van der Waals surface area (Å²) in [4.78, 5) is 0. The van der Waals surface area contributed by atoms with E-state index < -0.39 is 19.8 Å². The van der Waals surface area contributed by atoms with Crippen molar-refractivity contribution in [3.8, 4) is 0 Å². The van der Waals surface area contributed by atoms with Crippen molar-refractivity contribution in [3.63, 3.8) is 0 Å². The summed E-state index contributed by atoms with van der Waals surface area (Å²) in [7, 11) is 0. The first kappa shape index (κ1) is 11.8. The summed E-state index contributed by atoms with van der Waals surface area (Å²) in [6.07, 6.45) is 0. The van der Waals surface area contributed by atoms with Crippen LogP contribution in [0.4, 0.5) is 0 Å². The molecule has 0 rings (SSSR count). The third-order valence-electron chi connectivity index (χ3n) is 1.50. The smallest absolute Gasteiger partial charge is 1.00 e. The van der Waals surface area contributed by atoms with Crippen LogP contribution in [0.3, 0.4) is 0 Å². The summed E-state index contributed by atoms with van der Waals surface area (Å²) < 4.78 is 4.65. The molecule has 0 fully saturated rings. The minimum atomic E-state index is -0.653. The Morgan fingerprint density at radius 3 is 1.12 bits per heavy atom. The molecule has 0 radical (unpaired) electrons. The fourth-order valence-corrected chi connectivity index (χ4v) is 5.03. The second-order valence-corrected chi connectivity index (χ2v) is 12.1. The van der Waals surface area contributed by atoms with Gasteiger partial charge < -0.3 is 12.4 Å². The second-order valence-electron chi connectivity index (χ2n) is 1.81. The Hall–Kier alpha value is 1.09. The minimum absolute atomic E-state index is 0. The maximum absolute atomic E-state index is 2.35. The zero-order valence-electron chi connectivity index (χ0n) is 6.00. The van der Waals surface area contributed by atoms with Crippen molar-refractivity contribution in [3.05, 3.63) is 0 Å². The van der Waals surface area contributed by atoms with Crippen molar-refractivity contribution in [1.82, 2.24) is 0 Å². The molecular weight excluding hydrogens is 226 g/mol. The summed E-state index contributed by atoms with van der Waals surface area (Å²) in [5, 5.41) is 0. The van der Waals surface area contributed by atoms with Crippen molar-refractivity contribution in [2.75, 3.05) is 0 Å². The van der Waals surface area contributed by atoms with Gasteiger partial charge in [0.2, 0.25) is 0 Å². The van der Waals surface area contributed by atoms with Crippen LogP contribution >= 0.6 is 0 Å². The van der Waals surface area contributed by atoms with E-state index in [1.165, 1.54) is 0 Å². The third-order valence-corrected chi connectivity index (χ3v) is 10.1. The molecule has 0 N–H and O–H groups in total. The monoisotopic (exact) mass is 242 g/mol. The zero-order chi connectivity index (χ0) is 5.70. The van der Waals surface area contributed by atoms with Crippen LogP contribution in [0.1, 0.15) is 20.8 Å². The van der Waals surface area contributed by atoms with Crippen LogP contribution in [0.5, 0.6) is 0 Å². The third kappa shape index (κ3) is 5.23. The molecule has 0 amide bonds. The summed E-state index contributed by atoms with van der Waals surface area (Å²) in [6, 6.07) is 0. The van der Waals surface area contributed by atoms with E-state index in [9.17, 15) is 0 Å². The van der Waals surface area contributed by atoms with Gasteiger partial charge in [-0.15, -0.1) is 0 Å². The van der Waals surface area contributed by atoms with Gasteiger partial charge in [0.15, 0.2) is 0 Å². The molecule has 0 aliphatic rings. The van der Waals surface area contributed by atoms with Crippen molar-refractivity contribution < 1.29 is 12.4 Å². The van der Waals surface area contributed by atoms with Crippen LogP contribution in [-0.2, 0) is 0 Å². The van der Waals surface area contributed by atoms with Gasteiger partial charge in [0.1, 0.15) is 0 Å². The fourth-order valence-electron chi connectivity index (χ4n) is 0.750. The number of hydrogen-bond acceptors (Lipinski definition) is 0. The van der Waals surface area contributed by atoms with Gasteiger partial charge in [0.05, 0.1) is 0 Å². The molecule has 0 aliphatic heterocycles. The van der Waals surface area contributed by atoms with Crippen molar-refractivity contribution in [2.45, 2.75) is 34.1 Å². The molecule has 0 aromatic rings. The van der Waals surface area contributed by atoms with Gasteiger partial charge in [-0.05, 0) is 0 Å². The molecule has 0 nitrogen and oxygen atoms in total. The molecule has 0 spiro atoms. The van der Waals surface area contributed by atoms with E-state index >= 15 is 0 Å². The number of halogens is 1. The van der Waals surface area contributed by atoms with Crippen molar-refractivity contribution in [1.29, 1.82) is 0 Å². The molecular formula is C6H15ClSn. The van der Waals surface area contributed by atoms with E-state index in [1.807, 2.05) is 0 Å². The van der Waals surface area contributed by atoms with Gasteiger partial charge in [0.25, 0.3) is 0 Å². The van der Waals surface area contributed by atoms with E-state index in [2.05, 4.69) is 20.8 Å². The average molecular weight is 241 g/mol. The first-order valence-corrected chi connectivity index (χ1v) is 9.24. The Kier molecular flexibility index (Phi) is 12.0. The van der Waals surface area contributed by atoms with Crippen LogP contribution < -0.4 is 12.4 Å². The summed E-state index contributed by atoms with van der Waals surface area (Å²) >= 11 is -0.653. The van der Waals surface area contributed by atoms with Crippen LogP contribution in [0, 0.1) is 0 Å².